The van der Waals surface area contributed by atoms with Crippen molar-refractivity contribution in [3.63, 3.8) is 0 Å². The van der Waals surface area contributed by atoms with Crippen molar-refractivity contribution in [1.29, 1.82) is 0 Å². The van der Waals surface area contributed by atoms with Crippen molar-refractivity contribution in [2.75, 3.05) is 16.8 Å². The molecule has 32 heavy (non-hydrogen) atoms. The van der Waals surface area contributed by atoms with Gasteiger partial charge in [-0.3, -0.25) is 4.79 Å². The molecule has 0 bridgehead atoms. The van der Waals surface area contributed by atoms with Crippen molar-refractivity contribution in [2.45, 2.75) is 62.4 Å². The normalized spacial score (nSPS) is 18.0. The van der Waals surface area contributed by atoms with Gasteiger partial charge in [0.1, 0.15) is 9.86 Å². The zero-order valence-corrected chi connectivity index (χ0v) is 21.6. The molecule has 3 heterocycles. The topological polar surface area (TPSA) is 64.1 Å². The summed E-state index contributed by atoms with van der Waals surface area (Å²) in [6.07, 6.45) is 2.84. The standard InChI is InChI=1S/C23H26ClN3O2S3/c1-4-10-30-22-26-20(31-13-18(28)25-15-8-6-14(24)7-9-15)19-16-11-23(3,5-2)29-12-17(16)32-21(19)27-22/h6-9H,4-5,10-13H2,1-3H3,(H,25,28)/t23-/m1/s1. The van der Waals surface area contributed by atoms with Gasteiger partial charge < -0.3 is 10.1 Å². The second-order valence-electron chi connectivity index (χ2n) is 7.96. The largest absolute Gasteiger partial charge is 0.369 e. The van der Waals surface area contributed by atoms with E-state index in [0.717, 1.165) is 51.1 Å². The van der Waals surface area contributed by atoms with E-state index in [1.165, 1.54) is 22.2 Å². The Morgan fingerprint density at radius 3 is 2.75 bits per heavy atom. The van der Waals surface area contributed by atoms with Crippen molar-refractivity contribution in [3.05, 3.63) is 39.7 Å². The van der Waals surface area contributed by atoms with Gasteiger partial charge in [0.25, 0.3) is 0 Å². The summed E-state index contributed by atoms with van der Waals surface area (Å²) in [7, 11) is 0. The van der Waals surface area contributed by atoms with Crippen molar-refractivity contribution >= 4 is 68.3 Å². The van der Waals surface area contributed by atoms with Crippen LogP contribution in [0.25, 0.3) is 10.2 Å². The molecule has 4 rings (SSSR count). The van der Waals surface area contributed by atoms with Crippen molar-refractivity contribution < 1.29 is 9.53 Å². The summed E-state index contributed by atoms with van der Waals surface area (Å²) < 4.78 is 6.16. The number of hydrogen-bond donors (Lipinski definition) is 1. The molecular weight excluding hydrogens is 482 g/mol. The molecule has 2 aromatic heterocycles. The minimum Gasteiger partial charge on any atom is -0.369 e. The van der Waals surface area contributed by atoms with E-state index < -0.39 is 0 Å². The summed E-state index contributed by atoms with van der Waals surface area (Å²) >= 11 is 10.8. The fourth-order valence-electron chi connectivity index (χ4n) is 3.47. The first-order valence-corrected chi connectivity index (χ1v) is 13.8. The van der Waals surface area contributed by atoms with Gasteiger partial charge in [-0.15, -0.1) is 11.3 Å². The minimum absolute atomic E-state index is 0.0716. The number of nitrogens with one attached hydrogen (secondary N) is 1. The lowest BCUT2D eigenvalue weighted by molar-refractivity contribution is -0.113. The lowest BCUT2D eigenvalue weighted by Gasteiger charge is -2.33. The van der Waals surface area contributed by atoms with Crippen molar-refractivity contribution in [1.82, 2.24) is 9.97 Å². The number of aromatic nitrogens is 2. The second kappa shape index (κ2) is 10.3. The third-order valence-corrected chi connectivity index (χ3v) is 8.81. The van der Waals surface area contributed by atoms with Gasteiger partial charge in [-0.05, 0) is 49.6 Å². The van der Waals surface area contributed by atoms with Gasteiger partial charge in [-0.1, -0.05) is 49.0 Å². The van der Waals surface area contributed by atoms with Crippen LogP contribution in [0.15, 0.2) is 34.4 Å². The zero-order valence-electron chi connectivity index (χ0n) is 18.4. The molecule has 1 atom stereocenters. The average molecular weight is 508 g/mol. The number of fused-ring (bicyclic) bond motifs is 3. The molecule has 1 amide bonds. The maximum absolute atomic E-state index is 12.6. The molecule has 3 aromatic rings. The van der Waals surface area contributed by atoms with Crippen LogP contribution in [0, 0.1) is 0 Å². The first kappa shape index (κ1) is 23.8. The lowest BCUT2D eigenvalue weighted by Crippen LogP contribution is -2.33. The van der Waals surface area contributed by atoms with E-state index >= 15 is 0 Å². The molecule has 0 fully saturated rings. The van der Waals surface area contributed by atoms with Gasteiger partial charge in [-0.2, -0.15) is 0 Å². The summed E-state index contributed by atoms with van der Waals surface area (Å²) in [5.74, 6) is 1.17. The fourth-order valence-corrected chi connectivity index (χ4v) is 6.44. The summed E-state index contributed by atoms with van der Waals surface area (Å²) in [6.45, 7) is 7.08. The third kappa shape index (κ3) is 5.42. The van der Waals surface area contributed by atoms with Gasteiger partial charge in [0.2, 0.25) is 5.91 Å². The zero-order chi connectivity index (χ0) is 22.7. The van der Waals surface area contributed by atoms with E-state index in [9.17, 15) is 4.79 Å². The van der Waals surface area contributed by atoms with Gasteiger partial charge in [0.05, 0.1) is 18.0 Å². The van der Waals surface area contributed by atoms with Crippen LogP contribution < -0.4 is 5.32 Å². The van der Waals surface area contributed by atoms with Crippen molar-refractivity contribution in [3.8, 4) is 0 Å². The molecule has 0 aliphatic carbocycles. The molecule has 1 aliphatic rings. The molecule has 1 aliphatic heterocycles. The maximum atomic E-state index is 12.6. The molecular formula is C23H26ClN3O2S3. The maximum Gasteiger partial charge on any atom is 0.234 e. The second-order valence-corrected chi connectivity index (χ2v) is 11.5. The van der Waals surface area contributed by atoms with Crippen LogP contribution in [-0.2, 0) is 22.6 Å². The Hall–Kier alpha value is -1.32. The van der Waals surface area contributed by atoms with Crippen LogP contribution in [-0.4, -0.2) is 33.0 Å². The van der Waals surface area contributed by atoms with E-state index in [0.29, 0.717) is 11.6 Å². The number of thioether (sulfide) groups is 2. The first-order valence-electron chi connectivity index (χ1n) is 10.7. The first-order chi connectivity index (χ1) is 15.4. The third-order valence-electron chi connectivity index (χ3n) is 5.43. The number of ether oxygens (including phenoxy) is 1. The van der Waals surface area contributed by atoms with Gasteiger partial charge >= 0.3 is 0 Å². The molecule has 0 unspecified atom stereocenters. The van der Waals surface area contributed by atoms with Crippen LogP contribution >= 0.6 is 46.5 Å². The number of benzene rings is 1. The van der Waals surface area contributed by atoms with Crippen molar-refractivity contribution in [2.24, 2.45) is 0 Å². The smallest absolute Gasteiger partial charge is 0.234 e. The number of carbonyl (C=O) groups excluding carboxylic acids is 1. The number of hydrogen-bond acceptors (Lipinski definition) is 7. The summed E-state index contributed by atoms with van der Waals surface area (Å²) in [5, 5.41) is 6.33. The van der Waals surface area contributed by atoms with Crippen LogP contribution in [0.1, 0.15) is 44.1 Å². The Bertz CT molecular complexity index is 1120. The van der Waals surface area contributed by atoms with Gasteiger partial charge in [0.15, 0.2) is 5.16 Å². The molecule has 0 spiro atoms. The average Bonchev–Trinajstić information content (AvgIpc) is 3.15. The van der Waals surface area contributed by atoms with Gasteiger partial charge in [0, 0.05) is 33.1 Å². The van der Waals surface area contributed by atoms with Crippen LogP contribution in [0.5, 0.6) is 0 Å². The number of amides is 1. The van der Waals surface area contributed by atoms with Crippen LogP contribution in [0.2, 0.25) is 5.02 Å². The molecule has 0 radical (unpaired) electrons. The number of nitrogens with zero attached hydrogens (tertiary/aromatic N) is 2. The highest BCUT2D eigenvalue weighted by Gasteiger charge is 2.33. The Balaban J connectivity index is 1.61. The fraction of sp³-hybridized carbons (Fsp3) is 0.435. The summed E-state index contributed by atoms with van der Waals surface area (Å²) in [4.78, 5) is 24.5. The quantitative estimate of drug-likeness (QED) is 0.205. The Labute approximate surface area is 206 Å². The summed E-state index contributed by atoms with van der Waals surface area (Å²) in [6, 6.07) is 7.13. The number of halogens is 1. The minimum atomic E-state index is -0.176. The Morgan fingerprint density at radius 1 is 1.25 bits per heavy atom. The van der Waals surface area contributed by atoms with Crippen LogP contribution in [0.3, 0.4) is 0 Å². The monoisotopic (exact) mass is 507 g/mol. The molecule has 0 saturated heterocycles. The number of carbonyl (C=O) groups is 1. The summed E-state index contributed by atoms with van der Waals surface area (Å²) in [5.41, 5.74) is 1.84. The highest BCUT2D eigenvalue weighted by molar-refractivity contribution is 8.00. The van der Waals surface area contributed by atoms with Crippen LogP contribution in [0.4, 0.5) is 5.69 Å². The number of rotatable bonds is 8. The van der Waals surface area contributed by atoms with E-state index in [-0.39, 0.29) is 17.3 Å². The highest BCUT2D eigenvalue weighted by Crippen LogP contribution is 2.43. The van der Waals surface area contributed by atoms with Gasteiger partial charge in [-0.25, -0.2) is 9.97 Å². The highest BCUT2D eigenvalue weighted by atomic mass is 35.5. The Morgan fingerprint density at radius 2 is 2.03 bits per heavy atom. The molecule has 170 valence electrons. The molecule has 0 saturated carbocycles. The Kier molecular flexibility index (Phi) is 7.67. The van der Waals surface area contributed by atoms with E-state index in [1.54, 1.807) is 47.4 Å². The number of anilines is 1. The molecule has 1 N–H and O–H groups in total. The lowest BCUT2D eigenvalue weighted by atomic mass is 9.90. The van der Waals surface area contributed by atoms with E-state index in [2.05, 4.69) is 26.1 Å². The predicted molar refractivity (Wildman–Crippen MR) is 136 cm³/mol. The molecule has 1 aromatic carbocycles. The molecule has 9 heteroatoms. The predicted octanol–water partition coefficient (Wildman–Crippen LogP) is 6.82. The van der Waals surface area contributed by atoms with E-state index in [4.69, 9.17) is 26.3 Å². The molecule has 5 nitrogen and oxygen atoms in total. The number of thiophene rings is 1. The SMILES string of the molecule is CCCSc1nc(SCC(=O)Nc2ccc(Cl)cc2)c2c3c(sc2n1)CO[C@](C)(CC)C3. The van der Waals surface area contributed by atoms with E-state index in [1.807, 2.05) is 0 Å².